The van der Waals surface area contributed by atoms with Crippen LogP contribution < -0.4 is 10.6 Å². The Bertz CT molecular complexity index is 754. The van der Waals surface area contributed by atoms with Crippen LogP contribution in [-0.4, -0.2) is 34.0 Å². The highest BCUT2D eigenvalue weighted by atomic mass is 15.2. The van der Waals surface area contributed by atoms with Gasteiger partial charge < -0.3 is 10.6 Å². The minimum absolute atomic E-state index is 0.197. The molecule has 2 N–H and O–H groups in total. The molecule has 0 fully saturated rings. The Hall–Kier alpha value is -2.76. The van der Waals surface area contributed by atoms with Crippen molar-refractivity contribution in [1.82, 2.24) is 19.9 Å². The number of anilines is 2. The lowest BCUT2D eigenvalue weighted by Gasteiger charge is -2.13. The third-order valence-electron chi connectivity index (χ3n) is 2.90. The second kappa shape index (κ2) is 4.73. The Balaban J connectivity index is 2.25. The van der Waals surface area contributed by atoms with Crippen molar-refractivity contribution in [2.75, 3.05) is 24.7 Å². The zero-order valence-corrected chi connectivity index (χ0v) is 11.3. The zero-order chi connectivity index (χ0) is 14.1. The molecule has 0 saturated heterocycles. The highest BCUT2D eigenvalue weighted by Gasteiger charge is 2.12. The van der Waals surface area contributed by atoms with E-state index in [1.807, 2.05) is 49.3 Å². The molecule has 3 aromatic rings. The van der Waals surface area contributed by atoms with Crippen molar-refractivity contribution in [2.45, 2.75) is 0 Å². The number of fused-ring (bicyclic) bond motifs is 1. The monoisotopic (exact) mass is 266 g/mol. The number of rotatable bonds is 2. The van der Waals surface area contributed by atoms with Crippen molar-refractivity contribution < 1.29 is 0 Å². The number of hydrogen-bond acceptors (Lipinski definition) is 6. The fourth-order valence-electron chi connectivity index (χ4n) is 1.97. The van der Waals surface area contributed by atoms with Crippen molar-refractivity contribution in [3.8, 4) is 11.3 Å². The van der Waals surface area contributed by atoms with Gasteiger partial charge in [-0.3, -0.25) is 0 Å². The molecule has 1 aromatic carbocycles. The number of aromatic nitrogens is 4. The molecule has 0 unspecified atom stereocenters. The van der Waals surface area contributed by atoms with Crippen LogP contribution in [0.5, 0.6) is 0 Å². The maximum Gasteiger partial charge on any atom is 0.224 e. The molecule has 0 bridgehead atoms. The fourth-order valence-corrected chi connectivity index (χ4v) is 1.97. The predicted octanol–water partition coefficient (Wildman–Crippen LogP) is 1.73. The van der Waals surface area contributed by atoms with Gasteiger partial charge in [0.25, 0.3) is 0 Å². The maximum absolute atomic E-state index is 5.69. The van der Waals surface area contributed by atoms with Crippen LogP contribution in [0.15, 0.2) is 36.5 Å². The van der Waals surface area contributed by atoms with Crippen molar-refractivity contribution in [2.24, 2.45) is 0 Å². The first-order valence-corrected chi connectivity index (χ1v) is 6.18. The van der Waals surface area contributed by atoms with Gasteiger partial charge in [-0.1, -0.05) is 30.3 Å². The summed E-state index contributed by atoms with van der Waals surface area (Å²) < 4.78 is 0. The van der Waals surface area contributed by atoms with E-state index < -0.39 is 0 Å². The second-order valence-electron chi connectivity index (χ2n) is 4.59. The molecule has 6 nitrogen and oxygen atoms in total. The second-order valence-corrected chi connectivity index (χ2v) is 4.59. The van der Waals surface area contributed by atoms with Crippen LogP contribution in [0.1, 0.15) is 0 Å². The highest BCUT2D eigenvalue weighted by molar-refractivity contribution is 5.85. The van der Waals surface area contributed by atoms with Gasteiger partial charge in [-0.25, -0.2) is 9.97 Å². The van der Waals surface area contributed by atoms with Gasteiger partial charge in [0.2, 0.25) is 5.95 Å². The molecule has 0 atom stereocenters. The maximum atomic E-state index is 5.69. The van der Waals surface area contributed by atoms with Gasteiger partial charge in [0.1, 0.15) is 0 Å². The van der Waals surface area contributed by atoms with Crippen LogP contribution in [-0.2, 0) is 0 Å². The molecular formula is C14H14N6. The van der Waals surface area contributed by atoms with Gasteiger partial charge in [0, 0.05) is 19.7 Å². The summed E-state index contributed by atoms with van der Waals surface area (Å²) in [7, 11) is 3.77. The third kappa shape index (κ3) is 2.11. The normalized spacial score (nSPS) is 10.7. The Kier molecular flexibility index (Phi) is 2.90. The summed E-state index contributed by atoms with van der Waals surface area (Å²) in [6.07, 6.45) is 1.70. The summed E-state index contributed by atoms with van der Waals surface area (Å²) >= 11 is 0. The van der Waals surface area contributed by atoms with Crippen LogP contribution in [0.3, 0.4) is 0 Å². The van der Waals surface area contributed by atoms with Crippen LogP contribution in [0.25, 0.3) is 22.4 Å². The summed E-state index contributed by atoms with van der Waals surface area (Å²) in [5, 5.41) is 0. The van der Waals surface area contributed by atoms with E-state index in [9.17, 15) is 0 Å². The number of nitrogens with two attached hydrogens (primary N) is 1. The standard InChI is InChI=1S/C14H14N6/c1-20(2)13-11-12(18-14(15)19-13)16-8-10(17-11)9-6-4-3-5-7-9/h3-8H,1-2H3,(H2,15,16,18,19). The molecule has 0 aliphatic heterocycles. The molecule has 0 aliphatic rings. The van der Waals surface area contributed by atoms with E-state index in [-0.39, 0.29) is 5.95 Å². The van der Waals surface area contributed by atoms with E-state index in [0.29, 0.717) is 17.0 Å². The van der Waals surface area contributed by atoms with E-state index in [0.717, 1.165) is 11.3 Å². The molecule has 0 radical (unpaired) electrons. The molecule has 3 rings (SSSR count). The Morgan fingerprint density at radius 1 is 1.00 bits per heavy atom. The van der Waals surface area contributed by atoms with E-state index in [4.69, 9.17) is 5.73 Å². The first-order valence-electron chi connectivity index (χ1n) is 6.18. The lowest BCUT2D eigenvalue weighted by molar-refractivity contribution is 1.05. The van der Waals surface area contributed by atoms with Crippen LogP contribution in [0.2, 0.25) is 0 Å². The van der Waals surface area contributed by atoms with Gasteiger partial charge in [-0.15, -0.1) is 0 Å². The van der Waals surface area contributed by atoms with E-state index in [1.165, 1.54) is 0 Å². The molecule has 2 aromatic heterocycles. The molecule has 6 heteroatoms. The molecule has 0 amide bonds. The summed E-state index contributed by atoms with van der Waals surface area (Å²) in [5.41, 5.74) is 8.63. The lowest BCUT2D eigenvalue weighted by Crippen LogP contribution is -2.14. The van der Waals surface area contributed by atoms with Gasteiger partial charge >= 0.3 is 0 Å². The van der Waals surface area contributed by atoms with Crippen LogP contribution >= 0.6 is 0 Å². The molecule has 0 saturated carbocycles. The Morgan fingerprint density at radius 3 is 2.45 bits per heavy atom. The average Bonchev–Trinajstić information content (AvgIpc) is 2.46. The van der Waals surface area contributed by atoms with Crippen molar-refractivity contribution in [1.29, 1.82) is 0 Å². The molecule has 100 valence electrons. The first kappa shape index (κ1) is 12.3. The number of nitrogen functional groups attached to an aromatic ring is 1. The smallest absolute Gasteiger partial charge is 0.224 e. The van der Waals surface area contributed by atoms with Gasteiger partial charge in [-0.2, -0.15) is 9.97 Å². The summed E-state index contributed by atoms with van der Waals surface area (Å²) in [4.78, 5) is 19.2. The van der Waals surface area contributed by atoms with Crippen LogP contribution in [0, 0.1) is 0 Å². The van der Waals surface area contributed by atoms with Gasteiger partial charge in [-0.05, 0) is 0 Å². The highest BCUT2D eigenvalue weighted by Crippen LogP contribution is 2.23. The first-order chi connectivity index (χ1) is 9.65. The molecule has 0 spiro atoms. The topological polar surface area (TPSA) is 80.8 Å². The molecule has 20 heavy (non-hydrogen) atoms. The van der Waals surface area contributed by atoms with Crippen molar-refractivity contribution >= 4 is 22.9 Å². The average molecular weight is 266 g/mol. The van der Waals surface area contributed by atoms with Gasteiger partial charge in [0.15, 0.2) is 17.0 Å². The molecule has 0 aliphatic carbocycles. The Morgan fingerprint density at radius 2 is 1.75 bits per heavy atom. The summed E-state index contributed by atoms with van der Waals surface area (Å²) in [5.74, 6) is 0.862. The van der Waals surface area contributed by atoms with Gasteiger partial charge in [0.05, 0.1) is 11.9 Å². The largest absolute Gasteiger partial charge is 0.368 e. The summed E-state index contributed by atoms with van der Waals surface area (Å²) in [6, 6.07) is 9.88. The minimum atomic E-state index is 0.197. The predicted molar refractivity (Wildman–Crippen MR) is 79.3 cm³/mol. The minimum Gasteiger partial charge on any atom is -0.368 e. The summed E-state index contributed by atoms with van der Waals surface area (Å²) in [6.45, 7) is 0. The molecular weight excluding hydrogens is 252 g/mol. The molecule has 2 heterocycles. The number of hydrogen-bond donors (Lipinski definition) is 1. The van der Waals surface area contributed by atoms with E-state index in [2.05, 4.69) is 19.9 Å². The number of benzene rings is 1. The zero-order valence-electron chi connectivity index (χ0n) is 11.3. The van der Waals surface area contributed by atoms with E-state index >= 15 is 0 Å². The third-order valence-corrected chi connectivity index (χ3v) is 2.90. The Labute approximate surface area is 116 Å². The SMILES string of the molecule is CN(C)c1nc(N)nc2ncc(-c3ccccc3)nc12. The van der Waals surface area contributed by atoms with Crippen molar-refractivity contribution in [3.05, 3.63) is 36.5 Å². The van der Waals surface area contributed by atoms with E-state index in [1.54, 1.807) is 6.20 Å². The quantitative estimate of drug-likeness (QED) is 0.761. The van der Waals surface area contributed by atoms with Crippen molar-refractivity contribution in [3.63, 3.8) is 0 Å². The van der Waals surface area contributed by atoms with Crippen LogP contribution in [0.4, 0.5) is 11.8 Å². The number of nitrogens with zero attached hydrogens (tertiary/aromatic N) is 5. The lowest BCUT2D eigenvalue weighted by atomic mass is 10.2. The fraction of sp³-hybridized carbons (Fsp3) is 0.143.